The average Bonchev–Trinajstić information content (AvgIpc) is 3.05. The minimum Gasteiger partial charge on any atom is -0.301 e. The fraction of sp³-hybridized carbons (Fsp3) is 0.0588. The van der Waals surface area contributed by atoms with Gasteiger partial charge >= 0.3 is 0 Å². The van der Waals surface area contributed by atoms with Crippen molar-refractivity contribution in [3.8, 4) is 11.3 Å². The Hall–Kier alpha value is -2.32. The third kappa shape index (κ3) is 4.40. The van der Waals surface area contributed by atoms with E-state index in [0.717, 1.165) is 35.2 Å². The number of aromatic nitrogens is 1. The molecule has 0 saturated carbocycles. The second-order valence-electron chi connectivity index (χ2n) is 4.93. The molecule has 0 fully saturated rings. The van der Waals surface area contributed by atoms with E-state index in [9.17, 15) is 18.0 Å². The molecule has 8 heteroatoms. The summed E-state index contributed by atoms with van der Waals surface area (Å²) in [6.07, 6.45) is 0. The monoisotopic (exact) mass is 380 g/mol. The number of amides is 1. The van der Waals surface area contributed by atoms with Gasteiger partial charge in [0.15, 0.2) is 16.8 Å². The normalized spacial score (nSPS) is 10.7. The third-order valence-corrected chi connectivity index (χ3v) is 4.97. The molecule has 1 heterocycles. The van der Waals surface area contributed by atoms with Gasteiger partial charge in [-0.15, -0.1) is 23.1 Å². The van der Waals surface area contributed by atoms with Gasteiger partial charge in [0.1, 0.15) is 5.82 Å². The number of thioether (sulfide) groups is 1. The number of hydrogen-bond donors (Lipinski definition) is 1. The van der Waals surface area contributed by atoms with Crippen molar-refractivity contribution >= 4 is 34.1 Å². The maximum atomic E-state index is 13.5. The molecule has 0 aliphatic rings. The molecule has 0 atom stereocenters. The van der Waals surface area contributed by atoms with Crippen molar-refractivity contribution in [1.82, 2.24) is 4.98 Å². The topological polar surface area (TPSA) is 42.0 Å². The van der Waals surface area contributed by atoms with Crippen LogP contribution in [0.5, 0.6) is 0 Å². The Bertz CT molecular complexity index is 914. The zero-order chi connectivity index (χ0) is 17.8. The van der Waals surface area contributed by atoms with Gasteiger partial charge in [0.25, 0.3) is 0 Å². The summed E-state index contributed by atoms with van der Waals surface area (Å²) in [4.78, 5) is 16.5. The highest BCUT2D eigenvalue weighted by Crippen LogP contribution is 2.27. The summed E-state index contributed by atoms with van der Waals surface area (Å²) in [6, 6.07) is 9.67. The molecule has 0 aliphatic carbocycles. The van der Waals surface area contributed by atoms with Crippen LogP contribution in [0.25, 0.3) is 11.3 Å². The first-order chi connectivity index (χ1) is 12.0. The molecule has 0 saturated heterocycles. The molecule has 3 rings (SSSR count). The van der Waals surface area contributed by atoms with E-state index in [4.69, 9.17) is 0 Å². The largest absolute Gasteiger partial charge is 0.301 e. The quantitative estimate of drug-likeness (QED) is 0.636. The van der Waals surface area contributed by atoms with Crippen LogP contribution in [-0.4, -0.2) is 16.6 Å². The number of carbonyl (C=O) groups is 1. The standard InChI is InChI=1S/C17H11F3N2OS2/c18-11-6-5-10(7-13(11)20)14-8-25-17(21-14)22-16(23)9-24-15-4-2-1-3-12(15)19/h1-8H,9H2,(H,21,22,23). The fourth-order valence-corrected chi connectivity index (χ4v) is 3.45. The van der Waals surface area contributed by atoms with Crippen LogP contribution in [-0.2, 0) is 4.79 Å². The molecular weight excluding hydrogens is 369 g/mol. The molecule has 0 unspecified atom stereocenters. The van der Waals surface area contributed by atoms with E-state index < -0.39 is 11.6 Å². The number of halogens is 3. The van der Waals surface area contributed by atoms with Crippen molar-refractivity contribution in [2.45, 2.75) is 4.90 Å². The SMILES string of the molecule is O=C(CSc1ccccc1F)Nc1nc(-c2ccc(F)c(F)c2)cs1. The first-order valence-corrected chi connectivity index (χ1v) is 8.97. The second kappa shape index (κ2) is 7.71. The van der Waals surface area contributed by atoms with Crippen molar-refractivity contribution in [3.63, 3.8) is 0 Å². The van der Waals surface area contributed by atoms with Gasteiger partial charge in [-0.3, -0.25) is 4.79 Å². The predicted molar refractivity (Wildman–Crippen MR) is 93.2 cm³/mol. The number of nitrogens with zero attached hydrogens (tertiary/aromatic N) is 1. The molecule has 3 nitrogen and oxygen atoms in total. The Morgan fingerprint density at radius 2 is 1.88 bits per heavy atom. The lowest BCUT2D eigenvalue weighted by Crippen LogP contribution is -2.13. The summed E-state index contributed by atoms with van der Waals surface area (Å²) < 4.78 is 39.7. The highest BCUT2D eigenvalue weighted by molar-refractivity contribution is 8.00. The van der Waals surface area contributed by atoms with E-state index >= 15 is 0 Å². The molecule has 1 N–H and O–H groups in total. The van der Waals surface area contributed by atoms with Gasteiger partial charge in [-0.2, -0.15) is 0 Å². The summed E-state index contributed by atoms with van der Waals surface area (Å²) in [5, 5.41) is 4.57. The van der Waals surface area contributed by atoms with Gasteiger partial charge in [0.05, 0.1) is 11.4 Å². The Kier molecular flexibility index (Phi) is 5.40. The average molecular weight is 380 g/mol. The van der Waals surface area contributed by atoms with Gasteiger partial charge in [-0.05, 0) is 30.3 Å². The molecular formula is C17H11F3N2OS2. The van der Waals surface area contributed by atoms with Crippen molar-refractivity contribution in [3.05, 3.63) is 65.3 Å². The summed E-state index contributed by atoms with van der Waals surface area (Å²) >= 11 is 2.24. The number of hydrogen-bond acceptors (Lipinski definition) is 4. The van der Waals surface area contributed by atoms with E-state index in [0.29, 0.717) is 21.3 Å². The number of carbonyl (C=O) groups excluding carboxylic acids is 1. The van der Waals surface area contributed by atoms with E-state index in [2.05, 4.69) is 10.3 Å². The van der Waals surface area contributed by atoms with Crippen LogP contribution < -0.4 is 5.32 Å². The number of thiazole rings is 1. The molecule has 2 aromatic carbocycles. The zero-order valence-corrected chi connectivity index (χ0v) is 14.3. The van der Waals surface area contributed by atoms with Crippen molar-refractivity contribution in [2.24, 2.45) is 0 Å². The molecule has 1 amide bonds. The first kappa shape index (κ1) is 17.5. The summed E-state index contributed by atoms with van der Waals surface area (Å²) in [5.74, 6) is -2.58. The van der Waals surface area contributed by atoms with Gasteiger partial charge in [0, 0.05) is 15.8 Å². The Labute approximate surface area is 149 Å². The van der Waals surface area contributed by atoms with Crippen LogP contribution >= 0.6 is 23.1 Å². The van der Waals surface area contributed by atoms with Crippen LogP contribution in [0.1, 0.15) is 0 Å². The number of rotatable bonds is 5. The first-order valence-electron chi connectivity index (χ1n) is 7.11. The summed E-state index contributed by atoms with van der Waals surface area (Å²) in [5.41, 5.74) is 0.845. The molecule has 0 aliphatic heterocycles. The molecule has 25 heavy (non-hydrogen) atoms. The van der Waals surface area contributed by atoms with Crippen LogP contribution in [0.3, 0.4) is 0 Å². The van der Waals surface area contributed by atoms with E-state index in [-0.39, 0.29) is 17.5 Å². The Balaban J connectivity index is 1.62. The lowest BCUT2D eigenvalue weighted by Gasteiger charge is -2.03. The van der Waals surface area contributed by atoms with Crippen LogP contribution in [0.4, 0.5) is 18.3 Å². The van der Waals surface area contributed by atoms with Crippen LogP contribution in [0.2, 0.25) is 0 Å². The van der Waals surface area contributed by atoms with Crippen molar-refractivity contribution < 1.29 is 18.0 Å². The summed E-state index contributed by atoms with van der Waals surface area (Å²) in [7, 11) is 0. The van der Waals surface area contributed by atoms with Crippen molar-refractivity contribution in [1.29, 1.82) is 0 Å². The maximum Gasteiger partial charge on any atom is 0.236 e. The Morgan fingerprint density at radius 3 is 2.64 bits per heavy atom. The Morgan fingerprint density at radius 1 is 1.08 bits per heavy atom. The molecule has 1 aromatic heterocycles. The minimum atomic E-state index is -0.961. The molecule has 0 spiro atoms. The lowest BCUT2D eigenvalue weighted by molar-refractivity contribution is -0.113. The molecule has 0 bridgehead atoms. The van der Waals surface area contributed by atoms with Gasteiger partial charge in [0.2, 0.25) is 5.91 Å². The number of benzene rings is 2. The van der Waals surface area contributed by atoms with E-state index in [1.165, 1.54) is 12.1 Å². The molecule has 128 valence electrons. The van der Waals surface area contributed by atoms with E-state index in [1.54, 1.807) is 23.6 Å². The van der Waals surface area contributed by atoms with Gasteiger partial charge in [-0.1, -0.05) is 12.1 Å². The van der Waals surface area contributed by atoms with Gasteiger partial charge < -0.3 is 5.32 Å². The van der Waals surface area contributed by atoms with Crippen LogP contribution in [0.15, 0.2) is 52.7 Å². The number of nitrogens with one attached hydrogen (secondary N) is 1. The van der Waals surface area contributed by atoms with E-state index in [1.807, 2.05) is 0 Å². The lowest BCUT2D eigenvalue weighted by atomic mass is 10.2. The smallest absolute Gasteiger partial charge is 0.236 e. The van der Waals surface area contributed by atoms with Crippen LogP contribution in [0, 0.1) is 17.5 Å². The van der Waals surface area contributed by atoms with Crippen molar-refractivity contribution in [2.75, 3.05) is 11.1 Å². The highest BCUT2D eigenvalue weighted by Gasteiger charge is 2.11. The third-order valence-electron chi connectivity index (χ3n) is 3.16. The zero-order valence-electron chi connectivity index (χ0n) is 12.6. The highest BCUT2D eigenvalue weighted by atomic mass is 32.2. The minimum absolute atomic E-state index is 0.0288. The maximum absolute atomic E-state index is 13.5. The number of anilines is 1. The molecule has 3 aromatic rings. The predicted octanol–water partition coefficient (Wildman–Crippen LogP) is 4.96. The second-order valence-corrected chi connectivity index (χ2v) is 6.81. The fourth-order valence-electron chi connectivity index (χ4n) is 1.98. The summed E-state index contributed by atoms with van der Waals surface area (Å²) in [6.45, 7) is 0. The van der Waals surface area contributed by atoms with Gasteiger partial charge in [-0.25, -0.2) is 18.2 Å². The molecule has 0 radical (unpaired) electrons.